The summed E-state index contributed by atoms with van der Waals surface area (Å²) in [5.74, 6) is -0.389. The lowest BCUT2D eigenvalue weighted by Crippen LogP contribution is -2.55. The highest BCUT2D eigenvalue weighted by molar-refractivity contribution is 7.89. The zero-order valence-corrected chi connectivity index (χ0v) is 18.6. The van der Waals surface area contributed by atoms with Crippen molar-refractivity contribution in [1.29, 1.82) is 0 Å². The van der Waals surface area contributed by atoms with Crippen LogP contribution in [-0.4, -0.2) is 74.1 Å². The Kier molecular flexibility index (Phi) is 7.46. The third kappa shape index (κ3) is 4.73. The molecule has 10 heteroatoms. The number of halogens is 2. The Morgan fingerprint density at radius 1 is 1.21 bits per heavy atom. The van der Waals surface area contributed by atoms with Gasteiger partial charge in [0.1, 0.15) is 6.04 Å². The third-order valence-electron chi connectivity index (χ3n) is 5.68. The molecule has 29 heavy (non-hydrogen) atoms. The fourth-order valence-electron chi connectivity index (χ4n) is 4.38. The first-order valence-electron chi connectivity index (χ1n) is 9.67. The van der Waals surface area contributed by atoms with E-state index >= 15 is 0 Å². The number of ether oxygens (including phenoxy) is 1. The second-order valence-corrected chi connectivity index (χ2v) is 10.2. The van der Waals surface area contributed by atoms with Gasteiger partial charge in [0.25, 0.3) is 0 Å². The molecule has 1 unspecified atom stereocenters. The Labute approximate surface area is 181 Å². The minimum atomic E-state index is -4.01. The Hall–Kier alpha value is -0.900. The summed E-state index contributed by atoms with van der Waals surface area (Å²) in [6, 6.07) is 3.03. The largest absolute Gasteiger partial charge is 0.396 e. The Bertz CT molecular complexity index is 831. The molecule has 3 atom stereocenters. The number of fused-ring (bicyclic) bond motifs is 2. The number of methoxy groups -OCH3 is 1. The number of piperidine rings is 1. The first-order chi connectivity index (χ1) is 13.8. The molecule has 0 saturated carbocycles. The van der Waals surface area contributed by atoms with Gasteiger partial charge >= 0.3 is 0 Å². The van der Waals surface area contributed by atoms with Gasteiger partial charge in [-0.25, -0.2) is 8.42 Å². The van der Waals surface area contributed by atoms with Crippen LogP contribution in [0.2, 0.25) is 10.0 Å². The summed E-state index contributed by atoms with van der Waals surface area (Å²) < 4.78 is 33.7. The molecule has 2 aliphatic rings. The maximum atomic E-state index is 13.6. The molecule has 0 aliphatic carbocycles. The molecule has 1 aromatic rings. The van der Waals surface area contributed by atoms with Crippen LogP contribution in [0.25, 0.3) is 0 Å². The van der Waals surface area contributed by atoms with Gasteiger partial charge in [0.05, 0.1) is 11.5 Å². The number of carbonyl (C=O) groups excluding carboxylic acids is 1. The van der Waals surface area contributed by atoms with Crippen molar-refractivity contribution in [1.82, 2.24) is 9.21 Å². The van der Waals surface area contributed by atoms with Gasteiger partial charge in [-0.15, -0.1) is 0 Å². The van der Waals surface area contributed by atoms with Crippen molar-refractivity contribution in [2.24, 2.45) is 5.92 Å². The molecule has 1 N–H and O–H groups in total. The van der Waals surface area contributed by atoms with Gasteiger partial charge < -0.3 is 14.7 Å². The van der Waals surface area contributed by atoms with E-state index in [9.17, 15) is 18.3 Å². The summed E-state index contributed by atoms with van der Waals surface area (Å²) in [7, 11) is -2.45. The van der Waals surface area contributed by atoms with Crippen LogP contribution >= 0.6 is 23.2 Å². The van der Waals surface area contributed by atoms with Crippen LogP contribution < -0.4 is 0 Å². The molecular formula is C19H26Cl2N2O5S. The lowest BCUT2D eigenvalue weighted by molar-refractivity contribution is -0.135. The van der Waals surface area contributed by atoms with E-state index < -0.39 is 16.1 Å². The predicted molar refractivity (Wildman–Crippen MR) is 111 cm³/mol. The highest BCUT2D eigenvalue weighted by Crippen LogP contribution is 2.38. The summed E-state index contributed by atoms with van der Waals surface area (Å²) in [6.07, 6.45) is 2.26. The number of nitrogens with zero attached hydrogens (tertiary/aromatic N) is 2. The number of sulfonamides is 1. The number of hydrogen-bond acceptors (Lipinski definition) is 5. The molecule has 7 nitrogen and oxygen atoms in total. The molecule has 0 aromatic heterocycles. The highest BCUT2D eigenvalue weighted by Gasteiger charge is 2.49. The van der Waals surface area contributed by atoms with Crippen LogP contribution in [0.4, 0.5) is 0 Å². The van der Waals surface area contributed by atoms with Gasteiger partial charge in [-0.1, -0.05) is 23.2 Å². The standard InChI is InChI=1S/C19H26Cl2N2O5S/c1-28-8-6-22-12-13(5-7-24)17-3-2-4-18(19(22)25)23(17)29(26,27)16-10-14(20)9-15(21)11-16/h9-11,13,17-18,24H,2-8,12H2,1H3/t13-,17-,18?/m0/s1. The molecule has 2 fully saturated rings. The minimum Gasteiger partial charge on any atom is -0.396 e. The van der Waals surface area contributed by atoms with Gasteiger partial charge in [-0.3, -0.25) is 4.79 Å². The van der Waals surface area contributed by atoms with Crippen LogP contribution in [0.15, 0.2) is 23.1 Å². The Morgan fingerprint density at radius 2 is 1.90 bits per heavy atom. The smallest absolute Gasteiger partial charge is 0.244 e. The first kappa shape index (κ1) is 22.8. The summed E-state index contributed by atoms with van der Waals surface area (Å²) in [6.45, 7) is 1.07. The maximum Gasteiger partial charge on any atom is 0.244 e. The molecule has 162 valence electrons. The van der Waals surface area contributed by atoms with Crippen molar-refractivity contribution in [3.05, 3.63) is 28.2 Å². The quantitative estimate of drug-likeness (QED) is 0.669. The summed E-state index contributed by atoms with van der Waals surface area (Å²) in [4.78, 5) is 14.9. The van der Waals surface area contributed by atoms with Gasteiger partial charge in [0, 0.05) is 42.9 Å². The number of amides is 1. The van der Waals surface area contributed by atoms with Crippen LogP contribution in [0.1, 0.15) is 25.7 Å². The van der Waals surface area contributed by atoms with E-state index in [1.807, 2.05) is 0 Å². The van der Waals surface area contributed by atoms with Crippen molar-refractivity contribution >= 4 is 39.1 Å². The zero-order chi connectivity index (χ0) is 21.2. The van der Waals surface area contributed by atoms with Gasteiger partial charge in [0.15, 0.2) is 0 Å². The number of rotatable bonds is 7. The average Bonchev–Trinajstić information content (AvgIpc) is 2.74. The van der Waals surface area contributed by atoms with Crippen molar-refractivity contribution in [3.63, 3.8) is 0 Å². The van der Waals surface area contributed by atoms with Crippen molar-refractivity contribution in [3.8, 4) is 0 Å². The third-order valence-corrected chi connectivity index (χ3v) is 8.03. The molecule has 3 rings (SSSR count). The van der Waals surface area contributed by atoms with E-state index in [-0.39, 0.29) is 39.4 Å². The molecule has 1 aromatic carbocycles. The minimum absolute atomic E-state index is 0.0206. The predicted octanol–water partition coefficient (Wildman–Crippen LogP) is 2.39. The van der Waals surface area contributed by atoms with Crippen molar-refractivity contribution in [2.45, 2.75) is 42.7 Å². The normalized spacial score (nSPS) is 25.9. The number of benzene rings is 1. The molecule has 0 spiro atoms. The summed E-state index contributed by atoms with van der Waals surface area (Å²) in [5, 5.41) is 10.0. The SMILES string of the molecule is COCCN1C[C@H](CCO)[C@@H]2CCCC(C1=O)N2S(=O)(=O)c1cc(Cl)cc(Cl)c1. The summed E-state index contributed by atoms with van der Waals surface area (Å²) >= 11 is 12.1. The van der Waals surface area contributed by atoms with E-state index in [2.05, 4.69) is 0 Å². The Morgan fingerprint density at radius 3 is 2.52 bits per heavy atom. The molecular weight excluding hydrogens is 439 g/mol. The number of carbonyl (C=O) groups is 1. The molecule has 2 saturated heterocycles. The van der Waals surface area contributed by atoms with E-state index in [4.69, 9.17) is 27.9 Å². The summed E-state index contributed by atoms with van der Waals surface area (Å²) in [5.41, 5.74) is 0. The van der Waals surface area contributed by atoms with Crippen LogP contribution in [0, 0.1) is 5.92 Å². The topological polar surface area (TPSA) is 87.2 Å². The lowest BCUT2D eigenvalue weighted by Gasteiger charge is -2.40. The Balaban J connectivity index is 2.07. The maximum absolute atomic E-state index is 13.6. The van der Waals surface area contributed by atoms with E-state index in [1.165, 1.54) is 22.5 Å². The molecule has 2 bridgehead atoms. The van der Waals surface area contributed by atoms with Crippen LogP contribution in [-0.2, 0) is 19.6 Å². The lowest BCUT2D eigenvalue weighted by atomic mass is 9.88. The molecule has 1 amide bonds. The van der Waals surface area contributed by atoms with Crippen molar-refractivity contribution in [2.75, 3.05) is 33.4 Å². The molecule has 0 radical (unpaired) electrons. The van der Waals surface area contributed by atoms with Gasteiger partial charge in [-0.05, 0) is 49.8 Å². The fraction of sp³-hybridized carbons (Fsp3) is 0.632. The zero-order valence-electron chi connectivity index (χ0n) is 16.3. The highest BCUT2D eigenvalue weighted by atomic mass is 35.5. The van der Waals surface area contributed by atoms with Crippen molar-refractivity contribution < 1.29 is 23.1 Å². The van der Waals surface area contributed by atoms with Crippen LogP contribution in [0.3, 0.4) is 0 Å². The van der Waals surface area contributed by atoms with E-state index in [1.54, 1.807) is 12.0 Å². The fourth-order valence-corrected chi connectivity index (χ4v) is 7.00. The van der Waals surface area contributed by atoms with Gasteiger partial charge in [-0.2, -0.15) is 4.31 Å². The van der Waals surface area contributed by atoms with E-state index in [0.717, 1.165) is 6.42 Å². The number of aliphatic hydroxyl groups is 1. The monoisotopic (exact) mass is 464 g/mol. The van der Waals surface area contributed by atoms with Gasteiger partial charge in [0.2, 0.25) is 15.9 Å². The number of aliphatic hydroxyl groups excluding tert-OH is 1. The molecule has 2 heterocycles. The second-order valence-electron chi connectivity index (χ2n) is 7.50. The first-order valence-corrected chi connectivity index (χ1v) is 11.9. The number of hydrogen-bond donors (Lipinski definition) is 1. The molecule has 2 aliphatic heterocycles. The van der Waals surface area contributed by atoms with E-state index in [0.29, 0.717) is 39.0 Å². The van der Waals surface area contributed by atoms with Crippen LogP contribution in [0.5, 0.6) is 0 Å². The average molecular weight is 465 g/mol. The second kappa shape index (κ2) is 9.49.